The second kappa shape index (κ2) is 10.5. The molecule has 3 aliphatic rings. The summed E-state index contributed by atoms with van der Waals surface area (Å²) in [6.07, 6.45) is 9.70. The minimum Gasteiger partial charge on any atom is -0.493 e. The van der Waals surface area contributed by atoms with Crippen molar-refractivity contribution in [3.8, 4) is 5.75 Å². The van der Waals surface area contributed by atoms with Crippen LogP contribution in [0.15, 0.2) is 18.3 Å². The molecule has 2 aliphatic carbocycles. The second-order valence-electron chi connectivity index (χ2n) is 8.78. The first-order valence-electron chi connectivity index (χ1n) is 11.3. The van der Waals surface area contributed by atoms with Gasteiger partial charge < -0.3 is 23.8 Å². The molecule has 8 heteroatoms. The smallest absolute Gasteiger partial charge is 0.259 e. The first-order chi connectivity index (χ1) is 15.2. The van der Waals surface area contributed by atoms with Crippen molar-refractivity contribution >= 4 is 17.7 Å². The lowest BCUT2D eigenvalue weighted by Gasteiger charge is -2.55. The minimum atomic E-state index is -0.981. The lowest BCUT2D eigenvalue weighted by Crippen LogP contribution is -2.77. The van der Waals surface area contributed by atoms with E-state index in [9.17, 15) is 4.79 Å². The number of hydrogen-bond acceptors (Lipinski definition) is 7. The lowest BCUT2D eigenvalue weighted by molar-refractivity contribution is -0.229. The maximum Gasteiger partial charge on any atom is 0.259 e. The molecule has 0 radical (unpaired) electrons. The number of hydrogen-bond donors (Lipinski definition) is 0. The van der Waals surface area contributed by atoms with Crippen LogP contribution >= 0.6 is 11.8 Å². The van der Waals surface area contributed by atoms with Gasteiger partial charge in [-0.05, 0) is 31.2 Å². The third kappa shape index (κ3) is 5.35. The molecule has 7 nitrogen and oxygen atoms in total. The molecule has 4 rings (SSSR count). The van der Waals surface area contributed by atoms with Crippen LogP contribution in [0, 0.1) is 5.92 Å². The highest BCUT2D eigenvalue weighted by atomic mass is 32.2. The molecule has 0 N–H and O–H groups in total. The molecular formula is C23H34N2O5S. The molecule has 1 aromatic heterocycles. The van der Waals surface area contributed by atoms with E-state index < -0.39 is 5.60 Å². The van der Waals surface area contributed by atoms with Crippen molar-refractivity contribution in [3.63, 3.8) is 0 Å². The van der Waals surface area contributed by atoms with Crippen LogP contribution in [0.4, 0.5) is 0 Å². The predicted molar refractivity (Wildman–Crippen MR) is 119 cm³/mol. The van der Waals surface area contributed by atoms with Gasteiger partial charge in [0.25, 0.3) is 5.91 Å². The fourth-order valence-electron chi connectivity index (χ4n) is 4.22. The van der Waals surface area contributed by atoms with Crippen molar-refractivity contribution in [1.29, 1.82) is 0 Å². The van der Waals surface area contributed by atoms with Crippen molar-refractivity contribution < 1.29 is 23.7 Å². The molecule has 2 atom stereocenters. The Labute approximate surface area is 189 Å². The summed E-state index contributed by atoms with van der Waals surface area (Å²) in [7, 11) is 3.19. The highest BCUT2D eigenvalue weighted by Crippen LogP contribution is 2.42. The summed E-state index contributed by atoms with van der Waals surface area (Å²) in [5, 5.41) is 0.682. The largest absolute Gasteiger partial charge is 0.493 e. The summed E-state index contributed by atoms with van der Waals surface area (Å²) in [6, 6.07) is 3.73. The Morgan fingerprint density at radius 3 is 2.74 bits per heavy atom. The van der Waals surface area contributed by atoms with Gasteiger partial charge >= 0.3 is 0 Å². The average molecular weight is 451 g/mol. The quantitative estimate of drug-likeness (QED) is 0.318. The SMILES string of the molecule is COCO[C@@]1(Cc2cc(OCCC3CC3)ccn2)C(=O)N(COC)[C@H]1CSC1CCC1. The summed E-state index contributed by atoms with van der Waals surface area (Å²) in [5.74, 6) is 2.39. The van der Waals surface area contributed by atoms with E-state index in [1.54, 1.807) is 25.3 Å². The molecule has 31 heavy (non-hydrogen) atoms. The third-order valence-electron chi connectivity index (χ3n) is 6.51. The van der Waals surface area contributed by atoms with Gasteiger partial charge in [0.05, 0.1) is 12.6 Å². The summed E-state index contributed by atoms with van der Waals surface area (Å²) in [5.41, 5.74) is -0.186. The van der Waals surface area contributed by atoms with Crippen LogP contribution in [0.1, 0.15) is 44.2 Å². The molecule has 0 unspecified atom stereocenters. The van der Waals surface area contributed by atoms with Crippen LogP contribution in [0.2, 0.25) is 0 Å². The number of carbonyl (C=O) groups is 1. The highest BCUT2D eigenvalue weighted by Gasteiger charge is 2.62. The van der Waals surface area contributed by atoms with Gasteiger partial charge in [-0.2, -0.15) is 11.8 Å². The second-order valence-corrected chi connectivity index (χ2v) is 10.1. The molecule has 1 aliphatic heterocycles. The van der Waals surface area contributed by atoms with E-state index in [-0.39, 0.29) is 25.5 Å². The summed E-state index contributed by atoms with van der Waals surface area (Å²) in [6.45, 7) is 1.06. The van der Waals surface area contributed by atoms with Crippen molar-refractivity contribution in [2.45, 2.75) is 61.8 Å². The van der Waals surface area contributed by atoms with E-state index in [1.807, 2.05) is 23.9 Å². The molecule has 2 heterocycles. The number of nitrogens with zero attached hydrogens (tertiary/aromatic N) is 2. The Morgan fingerprint density at radius 1 is 1.23 bits per heavy atom. The number of pyridine rings is 1. The number of carbonyl (C=O) groups excluding carboxylic acids is 1. The van der Waals surface area contributed by atoms with Gasteiger partial charge in [0.15, 0.2) is 5.60 Å². The van der Waals surface area contributed by atoms with Gasteiger partial charge in [-0.1, -0.05) is 19.3 Å². The number of rotatable bonds is 14. The maximum atomic E-state index is 13.3. The lowest BCUT2D eigenvalue weighted by atomic mass is 9.79. The van der Waals surface area contributed by atoms with E-state index in [1.165, 1.54) is 32.1 Å². The number of amides is 1. The van der Waals surface area contributed by atoms with Crippen LogP contribution < -0.4 is 4.74 Å². The van der Waals surface area contributed by atoms with Crippen LogP contribution in [0.3, 0.4) is 0 Å². The highest BCUT2D eigenvalue weighted by molar-refractivity contribution is 8.00. The first-order valence-corrected chi connectivity index (χ1v) is 12.3. The normalized spacial score (nSPS) is 25.9. The molecule has 1 amide bonds. The zero-order valence-corrected chi connectivity index (χ0v) is 19.4. The van der Waals surface area contributed by atoms with E-state index in [0.717, 1.165) is 36.1 Å². The van der Waals surface area contributed by atoms with Crippen LogP contribution in [0.25, 0.3) is 0 Å². The molecule has 0 spiro atoms. The van der Waals surface area contributed by atoms with Gasteiger partial charge in [-0.3, -0.25) is 9.78 Å². The standard InChI is InChI=1S/C23H34N2O5S/c1-27-15-25-21(14-31-20-4-3-5-20)23(22(25)26,30-16-28-2)13-18-12-19(8-10-24-18)29-11-9-17-6-7-17/h8,10,12,17,20-21H,3-7,9,11,13-16H2,1-2H3/t21-,23+/m0/s1. The number of methoxy groups -OCH3 is 2. The van der Waals surface area contributed by atoms with Crippen LogP contribution in [-0.4, -0.2) is 72.8 Å². The minimum absolute atomic E-state index is 0.0625. The van der Waals surface area contributed by atoms with Crippen molar-refractivity contribution in [3.05, 3.63) is 24.0 Å². The maximum absolute atomic E-state index is 13.3. The van der Waals surface area contributed by atoms with Crippen molar-refractivity contribution in [2.24, 2.45) is 5.92 Å². The third-order valence-corrected chi connectivity index (χ3v) is 7.96. The van der Waals surface area contributed by atoms with E-state index in [0.29, 0.717) is 11.7 Å². The van der Waals surface area contributed by atoms with Gasteiger partial charge in [-0.25, -0.2) is 0 Å². The average Bonchev–Trinajstić information content (AvgIpc) is 3.56. The topological polar surface area (TPSA) is 70.1 Å². The number of thioether (sulfide) groups is 1. The Morgan fingerprint density at radius 2 is 2.06 bits per heavy atom. The number of aromatic nitrogens is 1. The van der Waals surface area contributed by atoms with Gasteiger partial charge in [0, 0.05) is 49.6 Å². The van der Waals surface area contributed by atoms with Crippen molar-refractivity contribution in [2.75, 3.05) is 40.1 Å². The Bertz CT molecular complexity index is 742. The molecule has 1 saturated heterocycles. The Kier molecular flexibility index (Phi) is 7.74. The monoisotopic (exact) mass is 450 g/mol. The van der Waals surface area contributed by atoms with Crippen LogP contribution in [0.5, 0.6) is 5.75 Å². The molecule has 3 fully saturated rings. The van der Waals surface area contributed by atoms with Gasteiger partial charge in [-0.15, -0.1) is 0 Å². The summed E-state index contributed by atoms with van der Waals surface area (Å²) in [4.78, 5) is 19.6. The fourth-order valence-corrected chi connectivity index (χ4v) is 5.79. The molecular weight excluding hydrogens is 416 g/mol. The molecule has 172 valence electrons. The fraction of sp³-hybridized carbons (Fsp3) is 0.739. The summed E-state index contributed by atoms with van der Waals surface area (Å²) >= 11 is 1.93. The number of ether oxygens (including phenoxy) is 4. The summed E-state index contributed by atoms with van der Waals surface area (Å²) < 4.78 is 22.5. The van der Waals surface area contributed by atoms with Crippen LogP contribution in [-0.2, 0) is 25.4 Å². The predicted octanol–water partition coefficient (Wildman–Crippen LogP) is 3.26. The molecule has 0 aromatic carbocycles. The molecule has 0 bridgehead atoms. The Balaban J connectivity index is 1.47. The van der Waals surface area contributed by atoms with Gasteiger partial charge in [0.1, 0.15) is 19.3 Å². The van der Waals surface area contributed by atoms with Crippen molar-refractivity contribution in [1.82, 2.24) is 9.88 Å². The zero-order valence-electron chi connectivity index (χ0n) is 18.6. The number of likely N-dealkylation sites (tertiary alicyclic amines) is 1. The van der Waals surface area contributed by atoms with E-state index >= 15 is 0 Å². The Hall–Kier alpha value is -1.35. The first kappa shape index (κ1) is 22.8. The molecule has 2 saturated carbocycles. The van der Waals surface area contributed by atoms with E-state index in [4.69, 9.17) is 18.9 Å². The van der Waals surface area contributed by atoms with E-state index in [2.05, 4.69) is 4.98 Å². The molecule has 1 aromatic rings. The number of β-lactam (4-membered cyclic amide) rings is 1. The van der Waals surface area contributed by atoms with Gasteiger partial charge in [0.2, 0.25) is 0 Å². The zero-order chi connectivity index (χ0) is 21.7.